The van der Waals surface area contributed by atoms with Gasteiger partial charge in [0.05, 0.1) is 22.7 Å². The number of imidazole rings is 1. The molecule has 0 saturated heterocycles. The normalized spacial score (nSPS) is 12.2. The van der Waals surface area contributed by atoms with Crippen LogP contribution in [0.15, 0.2) is 53.8 Å². The second-order valence-corrected chi connectivity index (χ2v) is 8.34. The number of nitrogens with zero attached hydrogens (tertiary/aromatic N) is 3. The predicted octanol–water partition coefficient (Wildman–Crippen LogP) is 4.04. The van der Waals surface area contributed by atoms with Gasteiger partial charge in [-0.2, -0.15) is 13.2 Å². The Labute approximate surface area is 160 Å². The number of sulfone groups is 1. The standard InChI is InChI=1S/C18H17F3N4O2S/c1-3-28(26,27)12-7-8-14(13(9-12)15-10-25(2)11-22-15)23-17-6-4-5-16(24-17)18(19,20)21/h4-11H,3H2,1-2H3,(H,23,24). The third-order valence-electron chi connectivity index (χ3n) is 4.01. The molecule has 1 aromatic carbocycles. The van der Waals surface area contributed by atoms with Gasteiger partial charge in [-0.05, 0) is 30.3 Å². The Kier molecular flexibility index (Phi) is 5.16. The van der Waals surface area contributed by atoms with Crippen LogP contribution in [0.3, 0.4) is 0 Å². The zero-order valence-electron chi connectivity index (χ0n) is 15.0. The molecule has 0 radical (unpaired) electrons. The second-order valence-electron chi connectivity index (χ2n) is 6.07. The molecule has 1 N–H and O–H groups in total. The van der Waals surface area contributed by atoms with Gasteiger partial charge in [0, 0.05) is 24.5 Å². The highest BCUT2D eigenvalue weighted by Crippen LogP contribution is 2.33. The minimum Gasteiger partial charge on any atom is -0.340 e. The number of aryl methyl sites for hydroxylation is 1. The molecule has 3 aromatic rings. The summed E-state index contributed by atoms with van der Waals surface area (Å²) >= 11 is 0. The Morgan fingerprint density at radius 1 is 1.18 bits per heavy atom. The van der Waals surface area contributed by atoms with Crippen LogP contribution in [0.4, 0.5) is 24.7 Å². The lowest BCUT2D eigenvalue weighted by atomic mass is 10.1. The van der Waals surface area contributed by atoms with Crippen LogP contribution in [0.2, 0.25) is 0 Å². The molecule has 3 rings (SSSR count). The van der Waals surface area contributed by atoms with Gasteiger partial charge in [0.1, 0.15) is 11.5 Å². The van der Waals surface area contributed by atoms with Crippen LogP contribution in [0.25, 0.3) is 11.3 Å². The molecule has 0 atom stereocenters. The summed E-state index contributed by atoms with van der Waals surface area (Å²) in [6.45, 7) is 1.54. The van der Waals surface area contributed by atoms with Gasteiger partial charge >= 0.3 is 6.18 Å². The number of hydrogen-bond donors (Lipinski definition) is 1. The van der Waals surface area contributed by atoms with Crippen molar-refractivity contribution in [3.8, 4) is 11.3 Å². The molecular formula is C18H17F3N4O2S. The average Bonchev–Trinajstić information content (AvgIpc) is 3.07. The molecule has 0 bridgehead atoms. The van der Waals surface area contributed by atoms with Crippen molar-refractivity contribution in [3.63, 3.8) is 0 Å². The number of rotatable bonds is 5. The highest BCUT2D eigenvalue weighted by atomic mass is 32.2. The van der Waals surface area contributed by atoms with Crippen molar-refractivity contribution in [3.05, 3.63) is 54.6 Å². The van der Waals surface area contributed by atoms with Crippen molar-refractivity contribution in [1.82, 2.24) is 14.5 Å². The van der Waals surface area contributed by atoms with E-state index in [1.54, 1.807) is 24.1 Å². The maximum absolute atomic E-state index is 12.9. The quantitative estimate of drug-likeness (QED) is 0.687. The third kappa shape index (κ3) is 4.16. The van der Waals surface area contributed by atoms with Crippen molar-refractivity contribution in [2.45, 2.75) is 18.0 Å². The van der Waals surface area contributed by atoms with Crippen LogP contribution in [0.5, 0.6) is 0 Å². The van der Waals surface area contributed by atoms with E-state index in [0.29, 0.717) is 16.9 Å². The molecule has 0 amide bonds. The number of aromatic nitrogens is 3. The highest BCUT2D eigenvalue weighted by molar-refractivity contribution is 7.91. The van der Waals surface area contributed by atoms with E-state index in [9.17, 15) is 21.6 Å². The van der Waals surface area contributed by atoms with Crippen LogP contribution >= 0.6 is 0 Å². The first-order valence-corrected chi connectivity index (χ1v) is 9.92. The molecule has 28 heavy (non-hydrogen) atoms. The summed E-state index contributed by atoms with van der Waals surface area (Å²) < 4.78 is 64.9. The Hall–Kier alpha value is -2.88. The van der Waals surface area contributed by atoms with Crippen LogP contribution in [-0.2, 0) is 23.1 Å². The van der Waals surface area contributed by atoms with E-state index in [2.05, 4.69) is 15.3 Å². The van der Waals surface area contributed by atoms with E-state index in [1.165, 1.54) is 37.3 Å². The number of alkyl halides is 3. The van der Waals surface area contributed by atoms with Crippen molar-refractivity contribution < 1.29 is 21.6 Å². The molecule has 0 aliphatic rings. The fraction of sp³-hybridized carbons (Fsp3) is 0.222. The van der Waals surface area contributed by atoms with Crippen molar-refractivity contribution in [2.24, 2.45) is 7.05 Å². The summed E-state index contributed by atoms with van der Waals surface area (Å²) in [7, 11) is -1.71. The first kappa shape index (κ1) is 19.9. The van der Waals surface area contributed by atoms with E-state index in [-0.39, 0.29) is 16.5 Å². The molecule has 10 heteroatoms. The molecule has 6 nitrogen and oxygen atoms in total. The monoisotopic (exact) mass is 410 g/mol. The third-order valence-corrected chi connectivity index (χ3v) is 5.75. The largest absolute Gasteiger partial charge is 0.433 e. The Morgan fingerprint density at radius 2 is 1.93 bits per heavy atom. The lowest BCUT2D eigenvalue weighted by Gasteiger charge is -2.13. The van der Waals surface area contributed by atoms with Crippen molar-refractivity contribution >= 4 is 21.3 Å². The van der Waals surface area contributed by atoms with Gasteiger partial charge in [-0.1, -0.05) is 13.0 Å². The van der Waals surface area contributed by atoms with Gasteiger partial charge in [0.25, 0.3) is 0 Å². The SMILES string of the molecule is CCS(=O)(=O)c1ccc(Nc2cccc(C(F)(F)F)n2)c(-c2cn(C)cn2)c1. The van der Waals surface area contributed by atoms with Crippen LogP contribution in [0.1, 0.15) is 12.6 Å². The number of hydrogen-bond acceptors (Lipinski definition) is 5. The van der Waals surface area contributed by atoms with Crippen molar-refractivity contribution in [2.75, 3.05) is 11.1 Å². The van der Waals surface area contributed by atoms with Crippen molar-refractivity contribution in [1.29, 1.82) is 0 Å². The number of pyridine rings is 1. The van der Waals surface area contributed by atoms with Gasteiger partial charge in [-0.3, -0.25) is 0 Å². The van der Waals surface area contributed by atoms with Gasteiger partial charge < -0.3 is 9.88 Å². The molecular weight excluding hydrogens is 393 g/mol. The fourth-order valence-electron chi connectivity index (χ4n) is 2.56. The Balaban J connectivity index is 2.08. The summed E-state index contributed by atoms with van der Waals surface area (Å²) in [5.41, 5.74) is 0.280. The van der Waals surface area contributed by atoms with E-state index < -0.39 is 21.7 Å². The van der Waals surface area contributed by atoms with E-state index in [0.717, 1.165) is 6.07 Å². The van der Waals surface area contributed by atoms with Gasteiger partial charge in [-0.15, -0.1) is 0 Å². The minimum atomic E-state index is -4.57. The average molecular weight is 410 g/mol. The minimum absolute atomic E-state index is 0.0156. The first-order valence-electron chi connectivity index (χ1n) is 8.26. The molecule has 0 aliphatic heterocycles. The summed E-state index contributed by atoms with van der Waals surface area (Å²) in [4.78, 5) is 7.92. The summed E-state index contributed by atoms with van der Waals surface area (Å²) in [6, 6.07) is 7.87. The number of benzene rings is 1. The van der Waals surface area contributed by atoms with Gasteiger partial charge in [0.2, 0.25) is 0 Å². The highest BCUT2D eigenvalue weighted by Gasteiger charge is 2.32. The molecule has 0 saturated carbocycles. The van der Waals surface area contributed by atoms with E-state index in [4.69, 9.17) is 0 Å². The zero-order chi connectivity index (χ0) is 20.5. The Morgan fingerprint density at radius 3 is 2.54 bits per heavy atom. The molecule has 0 aliphatic carbocycles. The van der Waals surface area contributed by atoms with E-state index >= 15 is 0 Å². The molecule has 0 unspecified atom stereocenters. The summed E-state index contributed by atoms with van der Waals surface area (Å²) in [6.07, 6.45) is -1.34. The van der Waals surface area contributed by atoms with E-state index in [1.807, 2.05) is 0 Å². The number of nitrogens with one attached hydrogen (secondary N) is 1. The number of anilines is 2. The summed E-state index contributed by atoms with van der Waals surface area (Å²) in [5, 5.41) is 2.83. The molecule has 2 heterocycles. The predicted molar refractivity (Wildman–Crippen MR) is 98.9 cm³/mol. The zero-order valence-corrected chi connectivity index (χ0v) is 15.8. The lowest BCUT2D eigenvalue weighted by molar-refractivity contribution is -0.141. The smallest absolute Gasteiger partial charge is 0.340 e. The van der Waals surface area contributed by atoms with Crippen LogP contribution in [0, 0.1) is 0 Å². The second kappa shape index (κ2) is 7.27. The topological polar surface area (TPSA) is 76.9 Å². The van der Waals surface area contributed by atoms with Gasteiger partial charge in [-0.25, -0.2) is 18.4 Å². The maximum Gasteiger partial charge on any atom is 0.433 e. The summed E-state index contributed by atoms with van der Waals surface area (Å²) in [5.74, 6) is -0.0884. The molecule has 0 fully saturated rings. The lowest BCUT2D eigenvalue weighted by Crippen LogP contribution is -2.09. The first-order chi connectivity index (χ1) is 13.1. The van der Waals surface area contributed by atoms with Crippen LogP contribution < -0.4 is 5.32 Å². The molecule has 2 aromatic heterocycles. The number of halogens is 3. The maximum atomic E-state index is 12.9. The fourth-order valence-corrected chi connectivity index (χ4v) is 3.46. The van der Waals surface area contributed by atoms with Crippen LogP contribution in [-0.4, -0.2) is 28.7 Å². The van der Waals surface area contributed by atoms with Gasteiger partial charge in [0.15, 0.2) is 9.84 Å². The Bertz CT molecular complexity index is 1110. The molecule has 148 valence electrons. The molecule has 0 spiro atoms.